The molecule has 6 atom stereocenters. The van der Waals surface area contributed by atoms with Crippen molar-refractivity contribution in [2.45, 2.75) is 212 Å². The first-order valence-electron chi connectivity index (χ1n) is 21.9. The number of ketones is 1. The van der Waals surface area contributed by atoms with Gasteiger partial charge in [0.25, 0.3) is 5.56 Å². The van der Waals surface area contributed by atoms with Gasteiger partial charge >= 0.3 is 28.2 Å². The number of carbonyl (C=O) groups excluding carboxylic acids is 2. The predicted octanol–water partition coefficient (Wildman–Crippen LogP) is 9.09. The number of Topliss-reactive ketones (excluding diaryl/α,β-unsaturated/α-hetero) is 1. The van der Waals surface area contributed by atoms with E-state index in [1.54, 1.807) is 6.92 Å². The van der Waals surface area contributed by atoms with Crippen molar-refractivity contribution in [1.29, 1.82) is 0 Å². The number of unbranched alkanes of at least 4 members (excludes halogenated alkanes) is 20. The number of carbonyl (C=O) groups is 2. The van der Waals surface area contributed by atoms with E-state index < -0.39 is 64.9 Å². The van der Waals surface area contributed by atoms with Gasteiger partial charge in [-0.3, -0.25) is 23.9 Å². The Morgan fingerprint density at radius 3 is 1.78 bits per heavy atom. The number of rotatable bonds is 34. The van der Waals surface area contributed by atoms with Crippen LogP contribution in [-0.2, 0) is 37.0 Å². The Morgan fingerprint density at radius 1 is 0.810 bits per heavy atom. The van der Waals surface area contributed by atoms with E-state index in [9.17, 15) is 38.5 Å². The smallest absolute Gasteiger partial charge is 0.451 e. The molecule has 2 heterocycles. The summed E-state index contributed by atoms with van der Waals surface area (Å²) < 4.78 is 42.4. The zero-order valence-electron chi connectivity index (χ0n) is 35.5. The molecule has 1 aromatic rings. The Kier molecular flexibility index (Phi) is 32.0. The zero-order valence-corrected chi connectivity index (χ0v) is 37.2. The maximum Gasteiger partial charge on any atom is 0.747 e. The molecule has 0 aliphatic carbocycles. The first-order valence-corrected chi connectivity index (χ1v) is 24.1. The van der Waals surface area contributed by atoms with Crippen LogP contribution in [0.2, 0.25) is 0 Å². The van der Waals surface area contributed by atoms with Crippen molar-refractivity contribution >= 4 is 28.3 Å². The summed E-state index contributed by atoms with van der Waals surface area (Å²) >= 11 is 0. The van der Waals surface area contributed by atoms with Crippen molar-refractivity contribution in [2.75, 3.05) is 13.2 Å². The van der Waals surface area contributed by atoms with Gasteiger partial charge in [-0.15, -0.1) is 9.42 Å². The van der Waals surface area contributed by atoms with Gasteiger partial charge in [0.2, 0.25) is 0 Å². The average Bonchev–Trinajstić information content (AvgIpc) is 3.67. The standard InChI is InChI=1S/C31H60O5.C10H12N2O8P2/c1-3-5-7-9-11-13-15-17-19-21-23-25-28(33)31(29(34)27-32)36-30(35)26-24-22-20-18-16-14-12-10-8-6-4-2;1-6-4-12(10(14)11-9(6)13)8-3-2-7(19-8)5-18-22(17)20-21(15)16/h29,31-32,34H,3-27H2,1-2H3;4,7-8H,2-3,5H2,1H3/p+2. The van der Waals surface area contributed by atoms with Crippen molar-refractivity contribution in [3.8, 4) is 0 Å². The Morgan fingerprint density at radius 2 is 1.29 bits per heavy atom. The van der Waals surface area contributed by atoms with Gasteiger partial charge in [-0.05, 0) is 32.6 Å². The minimum absolute atomic E-state index is 0.105. The number of ether oxygens (including phenoxy) is 2. The summed E-state index contributed by atoms with van der Waals surface area (Å²) in [6.45, 7) is 5.36. The molecule has 0 aromatic carbocycles. The summed E-state index contributed by atoms with van der Waals surface area (Å²) in [6, 6.07) is 0. The summed E-state index contributed by atoms with van der Waals surface area (Å²) in [7, 11) is -5.70. The second-order valence-corrected chi connectivity index (χ2v) is 17.1. The van der Waals surface area contributed by atoms with E-state index in [0.717, 1.165) is 38.5 Å². The minimum atomic E-state index is -3.00. The zero-order chi connectivity index (χ0) is 43.0. The first kappa shape index (κ1) is 53.8. The normalized spacial score (nSPS) is 16.7. The summed E-state index contributed by atoms with van der Waals surface area (Å²) in [5.41, 5.74) is -0.647. The minimum Gasteiger partial charge on any atom is -0.451 e. The lowest BCUT2D eigenvalue weighted by atomic mass is 10.0. The van der Waals surface area contributed by atoms with E-state index in [4.69, 9.17) is 18.9 Å². The SMILES string of the molecule is CCCCCCCCCCCCCC(=O)OC(C(=O)CCCCCCCCCCCCC)C(O)CO.Cc1cn(C2CCC(CO[P+](=O)O[P+](=O)O)O2)c(=O)[nH]c1=O. The first-order chi connectivity index (χ1) is 27.9. The number of H-pyrrole nitrogens is 1. The molecule has 58 heavy (non-hydrogen) atoms. The van der Waals surface area contributed by atoms with Crippen molar-refractivity contribution in [1.82, 2.24) is 9.55 Å². The van der Waals surface area contributed by atoms with Crippen LogP contribution in [0, 0.1) is 6.92 Å². The highest BCUT2D eigenvalue weighted by atomic mass is 31.2. The van der Waals surface area contributed by atoms with E-state index in [2.05, 4.69) is 23.1 Å². The summed E-state index contributed by atoms with van der Waals surface area (Å²) in [4.78, 5) is 58.4. The molecule has 0 amide bonds. The summed E-state index contributed by atoms with van der Waals surface area (Å²) in [6.07, 6.45) is 25.8. The highest BCUT2D eigenvalue weighted by Gasteiger charge is 2.39. The van der Waals surface area contributed by atoms with Crippen molar-refractivity contribution < 1.29 is 52.1 Å². The molecule has 1 aliphatic heterocycles. The van der Waals surface area contributed by atoms with E-state index in [-0.39, 0.29) is 25.2 Å². The van der Waals surface area contributed by atoms with Crippen LogP contribution >= 0.6 is 16.5 Å². The maximum atomic E-state index is 12.6. The molecule has 2 rings (SSSR count). The third kappa shape index (κ3) is 26.1. The number of nitrogens with one attached hydrogen (secondary N) is 1. The lowest BCUT2D eigenvalue weighted by Gasteiger charge is -2.20. The van der Waals surface area contributed by atoms with E-state index in [0.29, 0.717) is 18.4 Å². The molecular formula is C41H74N2O13P2+2. The number of aliphatic hydroxyl groups excluding tert-OH is 2. The number of esters is 1. The van der Waals surface area contributed by atoms with Gasteiger partial charge in [-0.1, -0.05) is 142 Å². The van der Waals surface area contributed by atoms with E-state index >= 15 is 0 Å². The molecule has 17 heteroatoms. The molecule has 15 nitrogen and oxygen atoms in total. The molecule has 4 N–H and O–H groups in total. The Labute approximate surface area is 347 Å². The number of aromatic nitrogens is 2. The fraction of sp³-hybridized carbons (Fsp3) is 0.854. The van der Waals surface area contributed by atoms with Crippen LogP contribution in [0.15, 0.2) is 15.8 Å². The predicted molar refractivity (Wildman–Crippen MR) is 224 cm³/mol. The number of nitrogens with zero attached hydrogens (tertiary/aromatic N) is 1. The third-order valence-electron chi connectivity index (χ3n) is 10.2. The molecule has 6 unspecified atom stereocenters. The van der Waals surface area contributed by atoms with Gasteiger partial charge in [0.15, 0.2) is 16.2 Å². The second-order valence-electron chi connectivity index (χ2n) is 15.3. The summed E-state index contributed by atoms with van der Waals surface area (Å²) in [5, 5.41) is 19.3. The Balaban J connectivity index is 0.000000647. The largest absolute Gasteiger partial charge is 0.747 e. The Bertz CT molecular complexity index is 1410. The molecule has 0 radical (unpaired) electrons. The molecule has 0 spiro atoms. The van der Waals surface area contributed by atoms with Crippen LogP contribution in [0.1, 0.15) is 193 Å². The number of hydrogen-bond acceptors (Lipinski definition) is 12. The Hall–Kier alpha value is -2.22. The molecule has 1 aliphatic rings. The number of hydrogen-bond donors (Lipinski definition) is 4. The molecular weight excluding hydrogens is 790 g/mol. The quantitative estimate of drug-likeness (QED) is 0.0289. The lowest BCUT2D eigenvalue weighted by molar-refractivity contribution is -0.163. The highest BCUT2D eigenvalue weighted by Crippen LogP contribution is 2.37. The van der Waals surface area contributed by atoms with Crippen molar-refractivity contribution in [3.05, 3.63) is 32.6 Å². The second kappa shape index (κ2) is 34.5. The molecule has 0 saturated carbocycles. The highest BCUT2D eigenvalue weighted by molar-refractivity contribution is 7.47. The van der Waals surface area contributed by atoms with Gasteiger partial charge in [-0.2, -0.15) is 0 Å². The monoisotopic (exact) mass is 864 g/mol. The molecule has 0 bridgehead atoms. The van der Waals surface area contributed by atoms with Gasteiger partial charge in [0, 0.05) is 33.7 Å². The van der Waals surface area contributed by atoms with E-state index in [1.165, 1.54) is 113 Å². The molecule has 334 valence electrons. The fourth-order valence-electron chi connectivity index (χ4n) is 6.73. The van der Waals surface area contributed by atoms with Crippen LogP contribution in [0.3, 0.4) is 0 Å². The van der Waals surface area contributed by atoms with Crippen LogP contribution in [-0.4, -0.2) is 67.9 Å². The summed E-state index contributed by atoms with van der Waals surface area (Å²) in [5.74, 6) is -0.726. The number of aromatic amines is 1. The topological polar surface area (TPSA) is 221 Å². The van der Waals surface area contributed by atoms with E-state index in [1.807, 2.05) is 0 Å². The van der Waals surface area contributed by atoms with Crippen molar-refractivity contribution in [2.24, 2.45) is 0 Å². The van der Waals surface area contributed by atoms with Gasteiger partial charge in [-0.25, -0.2) is 4.79 Å². The molecule has 1 fully saturated rings. The molecule has 1 aromatic heterocycles. The number of aliphatic hydroxyl groups is 2. The fourth-order valence-corrected chi connectivity index (χ4v) is 7.67. The average molecular weight is 865 g/mol. The van der Waals surface area contributed by atoms with Crippen molar-refractivity contribution in [3.63, 3.8) is 0 Å². The maximum absolute atomic E-state index is 12.6. The lowest BCUT2D eigenvalue weighted by Crippen LogP contribution is -2.40. The van der Waals surface area contributed by atoms with Crippen LogP contribution < -0.4 is 11.2 Å². The van der Waals surface area contributed by atoms with Crippen LogP contribution in [0.4, 0.5) is 0 Å². The van der Waals surface area contributed by atoms with Crippen LogP contribution in [0.25, 0.3) is 0 Å². The number of aryl methyl sites for hydroxylation is 1. The van der Waals surface area contributed by atoms with Crippen LogP contribution in [0.5, 0.6) is 0 Å². The van der Waals surface area contributed by atoms with Gasteiger partial charge in [0.05, 0.1) is 12.7 Å². The van der Waals surface area contributed by atoms with Gasteiger partial charge in [0.1, 0.15) is 18.9 Å². The molecule has 1 saturated heterocycles. The van der Waals surface area contributed by atoms with Gasteiger partial charge < -0.3 is 19.7 Å². The third-order valence-corrected chi connectivity index (χ3v) is 11.6.